The van der Waals surface area contributed by atoms with E-state index in [2.05, 4.69) is 6.92 Å². The zero-order chi connectivity index (χ0) is 15.8. The van der Waals surface area contributed by atoms with E-state index in [1.165, 1.54) is 12.1 Å². The molecule has 0 bridgehead atoms. The van der Waals surface area contributed by atoms with Crippen LogP contribution in [0.3, 0.4) is 0 Å². The van der Waals surface area contributed by atoms with Crippen LogP contribution in [0.4, 0.5) is 0 Å². The number of carbonyl (C=O) groups is 1. The average molecular weight is 351 g/mol. The molecule has 1 fully saturated rings. The zero-order valence-electron chi connectivity index (χ0n) is 11.5. The lowest BCUT2D eigenvalue weighted by atomic mass is 9.91. The number of halogens is 2. The van der Waals surface area contributed by atoms with E-state index >= 15 is 0 Å². The van der Waals surface area contributed by atoms with Crippen LogP contribution in [0.1, 0.15) is 43.0 Å². The largest absolute Gasteiger partial charge is 0.478 e. The molecular weight excluding hydrogens is 335 g/mol. The van der Waals surface area contributed by atoms with Gasteiger partial charge in [-0.3, -0.25) is 0 Å². The van der Waals surface area contributed by atoms with Gasteiger partial charge >= 0.3 is 5.97 Å². The Morgan fingerprint density at radius 1 is 1.19 bits per heavy atom. The predicted octanol–water partition coefficient (Wildman–Crippen LogP) is 4.04. The highest BCUT2D eigenvalue weighted by atomic mass is 35.5. The number of aromatic carboxylic acids is 1. The minimum absolute atomic E-state index is 0.0660. The summed E-state index contributed by atoms with van der Waals surface area (Å²) in [7, 11) is -3.64. The van der Waals surface area contributed by atoms with Gasteiger partial charge in [-0.05, 0) is 43.7 Å². The second-order valence-corrected chi connectivity index (χ2v) is 8.45. The molecule has 0 radical (unpaired) electrons. The van der Waals surface area contributed by atoms with Gasteiger partial charge in [-0.2, -0.15) is 0 Å². The maximum Gasteiger partial charge on any atom is 0.338 e. The maximum absolute atomic E-state index is 12.7. The molecule has 0 amide bonds. The molecule has 1 aliphatic carbocycles. The molecular formula is C14H16Cl2O4S. The predicted molar refractivity (Wildman–Crippen MR) is 82.0 cm³/mol. The molecule has 0 aliphatic heterocycles. The van der Waals surface area contributed by atoms with Crippen LogP contribution in [-0.2, 0) is 9.84 Å². The van der Waals surface area contributed by atoms with Gasteiger partial charge in [-0.15, -0.1) is 0 Å². The molecule has 4 nitrogen and oxygen atoms in total. The van der Waals surface area contributed by atoms with Gasteiger partial charge in [0.05, 0.1) is 25.8 Å². The van der Waals surface area contributed by atoms with Gasteiger partial charge < -0.3 is 5.11 Å². The molecule has 0 saturated heterocycles. The number of carboxylic acids is 1. The number of hydrogen-bond donors (Lipinski definition) is 1. The summed E-state index contributed by atoms with van der Waals surface area (Å²) in [5, 5.41) is 8.25. The normalized spacial score (nSPS) is 23.0. The summed E-state index contributed by atoms with van der Waals surface area (Å²) in [6.07, 6.45) is 2.84. The molecule has 1 aromatic rings. The van der Waals surface area contributed by atoms with Crippen LogP contribution in [0, 0.1) is 5.92 Å². The molecule has 116 valence electrons. The Morgan fingerprint density at radius 2 is 1.76 bits per heavy atom. The number of benzene rings is 1. The van der Waals surface area contributed by atoms with Crippen molar-refractivity contribution in [3.05, 3.63) is 27.7 Å². The minimum atomic E-state index is -3.64. The molecule has 0 aromatic heterocycles. The summed E-state index contributed by atoms with van der Waals surface area (Å²) in [4.78, 5) is 11.0. The topological polar surface area (TPSA) is 71.4 Å². The van der Waals surface area contributed by atoms with E-state index in [1.54, 1.807) is 0 Å². The lowest BCUT2D eigenvalue weighted by molar-refractivity contribution is 0.0697. The first-order valence-electron chi connectivity index (χ1n) is 6.70. The number of sulfone groups is 1. The maximum atomic E-state index is 12.7. The Bertz CT molecular complexity index is 662. The van der Waals surface area contributed by atoms with Crippen molar-refractivity contribution in [3.8, 4) is 0 Å². The van der Waals surface area contributed by atoms with Crippen molar-refractivity contribution >= 4 is 39.0 Å². The fourth-order valence-electron chi connectivity index (χ4n) is 2.67. The third-order valence-electron chi connectivity index (χ3n) is 3.98. The van der Waals surface area contributed by atoms with E-state index in [-0.39, 0.29) is 20.5 Å². The van der Waals surface area contributed by atoms with Gasteiger partial charge in [0.2, 0.25) is 0 Å². The monoisotopic (exact) mass is 350 g/mol. The van der Waals surface area contributed by atoms with E-state index in [4.69, 9.17) is 28.3 Å². The van der Waals surface area contributed by atoms with Crippen molar-refractivity contribution in [3.63, 3.8) is 0 Å². The molecule has 21 heavy (non-hydrogen) atoms. The first kappa shape index (κ1) is 16.6. The Hall–Kier alpha value is -0.780. The third-order valence-corrected chi connectivity index (χ3v) is 7.10. The molecule has 1 N–H and O–H groups in total. The molecule has 0 atom stereocenters. The van der Waals surface area contributed by atoms with Crippen LogP contribution >= 0.6 is 23.2 Å². The SMILES string of the molecule is CC1CCC(S(=O)(=O)c2ccc(Cl)c(C(=O)O)c2Cl)CC1. The fourth-order valence-corrected chi connectivity index (χ4v) is 5.38. The molecule has 1 aromatic carbocycles. The van der Waals surface area contributed by atoms with Gasteiger partial charge in [0.15, 0.2) is 9.84 Å². The second kappa shape index (κ2) is 6.15. The molecule has 1 aliphatic rings. The zero-order valence-corrected chi connectivity index (χ0v) is 13.8. The van der Waals surface area contributed by atoms with Crippen LogP contribution in [0.15, 0.2) is 17.0 Å². The van der Waals surface area contributed by atoms with Gasteiger partial charge in [0.1, 0.15) is 0 Å². The first-order chi connectivity index (χ1) is 9.75. The van der Waals surface area contributed by atoms with E-state index in [9.17, 15) is 13.2 Å². The Labute approximate surface area is 134 Å². The van der Waals surface area contributed by atoms with Crippen molar-refractivity contribution < 1.29 is 18.3 Å². The van der Waals surface area contributed by atoms with Gasteiger partial charge in [-0.1, -0.05) is 30.1 Å². The van der Waals surface area contributed by atoms with Gasteiger partial charge in [0, 0.05) is 0 Å². The molecule has 0 heterocycles. The van der Waals surface area contributed by atoms with Crippen molar-refractivity contribution in [2.45, 2.75) is 42.8 Å². The summed E-state index contributed by atoms with van der Waals surface area (Å²) in [6, 6.07) is 2.57. The number of carboxylic acid groups (broad SMARTS) is 1. The van der Waals surface area contributed by atoms with Crippen molar-refractivity contribution in [1.29, 1.82) is 0 Å². The smallest absolute Gasteiger partial charge is 0.338 e. The first-order valence-corrected chi connectivity index (χ1v) is 9.00. The Morgan fingerprint density at radius 3 is 2.29 bits per heavy atom. The summed E-state index contributed by atoms with van der Waals surface area (Å²) in [5.74, 6) is -0.814. The van der Waals surface area contributed by atoms with Crippen molar-refractivity contribution in [2.24, 2.45) is 5.92 Å². The Kier molecular flexibility index (Phi) is 4.85. The standard InChI is InChI=1S/C14H16Cl2O4S/c1-8-2-4-9(5-3-8)21(19,20)11-7-6-10(15)12(13(11)16)14(17)18/h6-9H,2-5H2,1H3,(H,17,18). The fraction of sp³-hybridized carbons (Fsp3) is 0.500. The lowest BCUT2D eigenvalue weighted by Gasteiger charge is -2.26. The van der Waals surface area contributed by atoms with Crippen LogP contribution in [-0.4, -0.2) is 24.7 Å². The van der Waals surface area contributed by atoms with Gasteiger partial charge in [-0.25, -0.2) is 13.2 Å². The lowest BCUT2D eigenvalue weighted by Crippen LogP contribution is -2.27. The molecule has 1 saturated carbocycles. The molecule has 0 unspecified atom stereocenters. The highest BCUT2D eigenvalue weighted by molar-refractivity contribution is 7.92. The minimum Gasteiger partial charge on any atom is -0.478 e. The van der Waals surface area contributed by atoms with Crippen LogP contribution in [0.5, 0.6) is 0 Å². The van der Waals surface area contributed by atoms with Crippen LogP contribution < -0.4 is 0 Å². The van der Waals surface area contributed by atoms with E-state index in [0.717, 1.165) is 12.8 Å². The quantitative estimate of drug-likeness (QED) is 0.892. The van der Waals surface area contributed by atoms with Crippen LogP contribution in [0.25, 0.3) is 0 Å². The Balaban J connectivity index is 2.46. The van der Waals surface area contributed by atoms with E-state index < -0.39 is 21.1 Å². The van der Waals surface area contributed by atoms with Crippen molar-refractivity contribution in [2.75, 3.05) is 0 Å². The highest BCUT2D eigenvalue weighted by Gasteiger charge is 2.34. The molecule has 7 heteroatoms. The average Bonchev–Trinajstić information content (AvgIpc) is 2.38. The summed E-state index contributed by atoms with van der Waals surface area (Å²) >= 11 is 11.8. The second-order valence-electron chi connectivity index (χ2n) is 5.47. The molecule has 0 spiro atoms. The van der Waals surface area contributed by atoms with Crippen molar-refractivity contribution in [1.82, 2.24) is 0 Å². The number of hydrogen-bond acceptors (Lipinski definition) is 3. The summed E-state index contributed by atoms with van der Waals surface area (Å²) < 4.78 is 25.4. The summed E-state index contributed by atoms with van der Waals surface area (Å²) in [6.45, 7) is 2.10. The third kappa shape index (κ3) is 3.20. The van der Waals surface area contributed by atoms with Gasteiger partial charge in [0.25, 0.3) is 0 Å². The number of rotatable bonds is 3. The van der Waals surface area contributed by atoms with E-state index in [0.29, 0.717) is 18.8 Å². The van der Waals surface area contributed by atoms with Crippen LogP contribution in [0.2, 0.25) is 10.0 Å². The molecule has 2 rings (SSSR count). The van der Waals surface area contributed by atoms with E-state index in [1.807, 2.05) is 0 Å². The summed E-state index contributed by atoms with van der Waals surface area (Å²) in [5.41, 5.74) is -0.358. The highest BCUT2D eigenvalue weighted by Crippen LogP contribution is 2.37.